The Labute approximate surface area is 167 Å². The zero-order chi connectivity index (χ0) is 18.9. The standard InChI is InChI=1S/C18H22ClN5O2S/c19-12-8-21-15(20)7-14(12)27-16-9-22-17(13(10-25)23-16)24-4-1-18(2-5-24)3-6-26-11-18/h7-9,25H,1-6,10-11H2,(H2,20,21). The molecule has 0 bridgehead atoms. The van der Waals surface area contributed by atoms with Gasteiger partial charge in [-0.25, -0.2) is 15.0 Å². The number of nitrogen functional groups attached to an aromatic ring is 1. The first-order valence-electron chi connectivity index (χ1n) is 8.97. The molecule has 1 spiro atoms. The van der Waals surface area contributed by atoms with Crippen LogP contribution in [0.15, 0.2) is 28.4 Å². The Bertz CT molecular complexity index is 821. The van der Waals surface area contributed by atoms with E-state index in [4.69, 9.17) is 22.1 Å². The van der Waals surface area contributed by atoms with Gasteiger partial charge in [0, 0.05) is 30.8 Å². The maximum Gasteiger partial charge on any atom is 0.152 e. The first-order chi connectivity index (χ1) is 13.1. The van der Waals surface area contributed by atoms with Crippen molar-refractivity contribution in [2.75, 3.05) is 36.9 Å². The number of aromatic nitrogens is 3. The van der Waals surface area contributed by atoms with Gasteiger partial charge in [-0.05, 0) is 30.7 Å². The number of aliphatic hydroxyl groups is 1. The zero-order valence-electron chi connectivity index (χ0n) is 14.9. The van der Waals surface area contributed by atoms with E-state index in [2.05, 4.69) is 19.9 Å². The maximum absolute atomic E-state index is 9.83. The van der Waals surface area contributed by atoms with Crippen LogP contribution in [0.1, 0.15) is 25.0 Å². The van der Waals surface area contributed by atoms with Crippen LogP contribution >= 0.6 is 23.4 Å². The number of hydrogen-bond donors (Lipinski definition) is 2. The molecule has 144 valence electrons. The third-order valence-corrected chi connectivity index (χ3v) is 6.69. The average molecular weight is 408 g/mol. The lowest BCUT2D eigenvalue weighted by Crippen LogP contribution is -2.41. The highest BCUT2D eigenvalue weighted by Crippen LogP contribution is 2.40. The normalized spacial score (nSPS) is 19.0. The van der Waals surface area contributed by atoms with Gasteiger partial charge in [-0.1, -0.05) is 23.4 Å². The van der Waals surface area contributed by atoms with Gasteiger partial charge in [-0.3, -0.25) is 0 Å². The zero-order valence-corrected chi connectivity index (χ0v) is 16.5. The molecule has 4 rings (SSSR count). The number of ether oxygens (including phenoxy) is 1. The van der Waals surface area contributed by atoms with E-state index in [0.29, 0.717) is 27.0 Å². The predicted molar refractivity (Wildman–Crippen MR) is 105 cm³/mol. The molecule has 2 saturated heterocycles. The van der Waals surface area contributed by atoms with E-state index < -0.39 is 0 Å². The van der Waals surface area contributed by atoms with Crippen LogP contribution in [0.3, 0.4) is 0 Å². The molecular formula is C18H22ClN5O2S. The van der Waals surface area contributed by atoms with Crippen molar-refractivity contribution >= 4 is 35.0 Å². The quantitative estimate of drug-likeness (QED) is 0.798. The molecule has 3 N–H and O–H groups in total. The molecule has 0 saturated carbocycles. The Balaban J connectivity index is 1.51. The number of rotatable bonds is 4. The van der Waals surface area contributed by atoms with Crippen LogP contribution in [0.4, 0.5) is 11.6 Å². The lowest BCUT2D eigenvalue weighted by Gasteiger charge is -2.39. The largest absolute Gasteiger partial charge is 0.390 e. The Kier molecular flexibility index (Phi) is 5.41. The highest BCUT2D eigenvalue weighted by Gasteiger charge is 2.38. The van der Waals surface area contributed by atoms with Crippen LogP contribution < -0.4 is 10.6 Å². The molecule has 0 amide bonds. The number of aliphatic hydroxyl groups excluding tert-OH is 1. The van der Waals surface area contributed by atoms with Gasteiger partial charge in [0.05, 0.1) is 24.4 Å². The molecule has 2 aromatic heterocycles. The van der Waals surface area contributed by atoms with Crippen molar-refractivity contribution in [3.8, 4) is 0 Å². The first kappa shape index (κ1) is 18.7. The predicted octanol–water partition coefficient (Wildman–Crippen LogP) is 2.76. The fourth-order valence-corrected chi connectivity index (χ4v) is 4.72. The van der Waals surface area contributed by atoms with E-state index in [0.717, 1.165) is 56.3 Å². The van der Waals surface area contributed by atoms with Crippen LogP contribution in [0.25, 0.3) is 0 Å². The highest BCUT2D eigenvalue weighted by molar-refractivity contribution is 7.99. The molecule has 2 aromatic rings. The minimum absolute atomic E-state index is 0.159. The molecule has 0 atom stereocenters. The maximum atomic E-state index is 9.83. The van der Waals surface area contributed by atoms with Crippen molar-refractivity contribution in [3.63, 3.8) is 0 Å². The van der Waals surface area contributed by atoms with Crippen LogP contribution in [0, 0.1) is 5.41 Å². The van der Waals surface area contributed by atoms with Crippen molar-refractivity contribution in [2.45, 2.75) is 35.8 Å². The molecule has 27 heavy (non-hydrogen) atoms. The summed E-state index contributed by atoms with van der Waals surface area (Å²) in [5.74, 6) is 1.16. The van der Waals surface area contributed by atoms with Gasteiger partial charge in [0.1, 0.15) is 16.5 Å². The van der Waals surface area contributed by atoms with Crippen molar-refractivity contribution in [3.05, 3.63) is 29.2 Å². The van der Waals surface area contributed by atoms with E-state index in [1.807, 2.05) is 0 Å². The van der Waals surface area contributed by atoms with Crippen LogP contribution in [0.5, 0.6) is 0 Å². The van der Waals surface area contributed by atoms with Gasteiger partial charge < -0.3 is 20.5 Å². The van der Waals surface area contributed by atoms with Crippen LogP contribution in [-0.2, 0) is 11.3 Å². The molecule has 2 aliphatic rings. The summed E-state index contributed by atoms with van der Waals surface area (Å²) in [5.41, 5.74) is 6.64. The molecule has 9 heteroatoms. The minimum atomic E-state index is -0.159. The monoisotopic (exact) mass is 407 g/mol. The summed E-state index contributed by atoms with van der Waals surface area (Å²) < 4.78 is 5.60. The van der Waals surface area contributed by atoms with Gasteiger partial charge in [0.2, 0.25) is 0 Å². The number of hydrogen-bond acceptors (Lipinski definition) is 8. The van der Waals surface area contributed by atoms with E-state index in [1.54, 1.807) is 12.3 Å². The van der Waals surface area contributed by atoms with Gasteiger partial charge in [-0.15, -0.1) is 0 Å². The number of anilines is 2. The summed E-state index contributed by atoms with van der Waals surface area (Å²) in [6.45, 7) is 3.39. The number of pyridine rings is 1. The number of piperidine rings is 1. The molecule has 7 nitrogen and oxygen atoms in total. The second-order valence-corrected chi connectivity index (χ2v) is 8.54. The fraction of sp³-hybridized carbons (Fsp3) is 0.500. The van der Waals surface area contributed by atoms with Gasteiger partial charge in [-0.2, -0.15) is 0 Å². The van der Waals surface area contributed by atoms with Gasteiger partial charge in [0.25, 0.3) is 0 Å². The number of halogens is 1. The van der Waals surface area contributed by atoms with Crippen molar-refractivity contribution in [1.29, 1.82) is 0 Å². The Hall–Kier alpha value is -1.61. The number of nitrogens with two attached hydrogens (primary N) is 1. The summed E-state index contributed by atoms with van der Waals surface area (Å²) in [6.07, 6.45) is 6.55. The molecule has 0 radical (unpaired) electrons. The molecule has 0 aromatic carbocycles. The summed E-state index contributed by atoms with van der Waals surface area (Å²) in [7, 11) is 0. The average Bonchev–Trinajstić information content (AvgIpc) is 3.13. The summed E-state index contributed by atoms with van der Waals surface area (Å²) in [6, 6.07) is 1.70. The van der Waals surface area contributed by atoms with Crippen LogP contribution in [0.2, 0.25) is 5.02 Å². The molecular weight excluding hydrogens is 386 g/mol. The van der Waals surface area contributed by atoms with Gasteiger partial charge >= 0.3 is 0 Å². The second-order valence-electron chi connectivity index (χ2n) is 7.07. The minimum Gasteiger partial charge on any atom is -0.390 e. The van der Waals surface area contributed by atoms with E-state index in [1.165, 1.54) is 18.0 Å². The third-order valence-electron chi connectivity index (χ3n) is 5.31. The molecule has 2 fully saturated rings. The molecule has 4 heterocycles. The molecule has 0 unspecified atom stereocenters. The lowest BCUT2D eigenvalue weighted by molar-refractivity contribution is 0.133. The van der Waals surface area contributed by atoms with Crippen molar-refractivity contribution in [1.82, 2.24) is 15.0 Å². The van der Waals surface area contributed by atoms with Gasteiger partial charge in [0.15, 0.2) is 5.82 Å². The van der Waals surface area contributed by atoms with E-state index in [-0.39, 0.29) is 6.61 Å². The van der Waals surface area contributed by atoms with E-state index >= 15 is 0 Å². The Morgan fingerprint density at radius 2 is 2.07 bits per heavy atom. The first-order valence-corrected chi connectivity index (χ1v) is 10.2. The van der Waals surface area contributed by atoms with E-state index in [9.17, 15) is 5.11 Å². The number of nitrogens with zero attached hydrogens (tertiary/aromatic N) is 4. The Morgan fingerprint density at radius 1 is 1.26 bits per heavy atom. The lowest BCUT2D eigenvalue weighted by atomic mass is 9.78. The summed E-state index contributed by atoms with van der Waals surface area (Å²) >= 11 is 7.53. The SMILES string of the molecule is Nc1cc(Sc2cnc(N3CCC4(CCOC4)CC3)c(CO)n2)c(Cl)cn1. The highest BCUT2D eigenvalue weighted by atomic mass is 35.5. The summed E-state index contributed by atoms with van der Waals surface area (Å²) in [5, 5.41) is 11.0. The van der Waals surface area contributed by atoms with Crippen molar-refractivity contribution in [2.24, 2.45) is 5.41 Å². The topological polar surface area (TPSA) is 97.4 Å². The molecule has 0 aliphatic carbocycles. The van der Waals surface area contributed by atoms with Crippen molar-refractivity contribution < 1.29 is 9.84 Å². The molecule has 2 aliphatic heterocycles. The smallest absolute Gasteiger partial charge is 0.152 e. The Morgan fingerprint density at radius 3 is 2.78 bits per heavy atom. The summed E-state index contributed by atoms with van der Waals surface area (Å²) in [4.78, 5) is 16.1. The second kappa shape index (κ2) is 7.79. The fourth-order valence-electron chi connectivity index (χ4n) is 3.69. The third kappa shape index (κ3) is 3.99. The van der Waals surface area contributed by atoms with Crippen LogP contribution in [-0.4, -0.2) is 46.4 Å².